The van der Waals surface area contributed by atoms with Crippen LogP contribution in [0, 0.1) is 23.7 Å². The number of fused-ring (bicyclic) bond motifs is 2. The largest absolute Gasteiger partial charge is 0.346 e. The van der Waals surface area contributed by atoms with E-state index in [1.54, 1.807) is 0 Å². The quantitative estimate of drug-likeness (QED) is 0.435. The summed E-state index contributed by atoms with van der Waals surface area (Å²) < 4.78 is 13.0. The van der Waals surface area contributed by atoms with Crippen LogP contribution in [0.3, 0.4) is 0 Å². The van der Waals surface area contributed by atoms with Crippen LogP contribution in [0.1, 0.15) is 92.6 Å². The fourth-order valence-corrected chi connectivity index (χ4v) is 6.52. The number of hydrogen-bond donors (Lipinski definition) is 0. The van der Waals surface area contributed by atoms with Gasteiger partial charge in [0.25, 0.3) is 0 Å². The van der Waals surface area contributed by atoms with E-state index in [0.29, 0.717) is 36.5 Å². The van der Waals surface area contributed by atoms with Gasteiger partial charge in [-0.1, -0.05) is 71.9 Å². The van der Waals surface area contributed by atoms with E-state index in [-0.39, 0.29) is 11.9 Å². The van der Waals surface area contributed by atoms with Crippen molar-refractivity contribution in [3.8, 4) is 0 Å². The highest BCUT2D eigenvalue weighted by molar-refractivity contribution is 5.80. The van der Waals surface area contributed by atoms with Crippen molar-refractivity contribution in [3.05, 3.63) is 35.9 Å². The number of ketones is 1. The summed E-state index contributed by atoms with van der Waals surface area (Å²) in [4.78, 5) is 24.7. The first-order valence-electron chi connectivity index (χ1n) is 13.7. The van der Waals surface area contributed by atoms with Crippen molar-refractivity contribution in [3.63, 3.8) is 0 Å². The van der Waals surface area contributed by atoms with E-state index in [9.17, 15) is 4.79 Å². The van der Waals surface area contributed by atoms with Gasteiger partial charge in [0.15, 0.2) is 11.9 Å². The summed E-state index contributed by atoms with van der Waals surface area (Å²) >= 11 is 0. The number of ether oxygens (including phenoxy) is 2. The molecule has 5 aliphatic rings. The molecule has 0 unspecified atom stereocenters. The van der Waals surface area contributed by atoms with Gasteiger partial charge in [-0.15, -0.1) is 0 Å². The van der Waals surface area contributed by atoms with Gasteiger partial charge in [-0.3, -0.25) is 4.79 Å². The highest BCUT2D eigenvalue weighted by atomic mass is 17.3. The van der Waals surface area contributed by atoms with Crippen LogP contribution in [0.15, 0.2) is 30.3 Å². The molecule has 0 N–H and O–H groups in total. The highest BCUT2D eigenvalue weighted by Gasteiger charge is 2.69. The Bertz CT molecular complexity index is 782. The zero-order valence-electron chi connectivity index (χ0n) is 22.3. The number of benzene rings is 1. The Kier molecular flexibility index (Phi) is 9.36. The molecule has 5 nitrogen and oxygen atoms in total. The Hall–Kier alpha value is -1.27. The molecule has 1 aliphatic carbocycles. The van der Waals surface area contributed by atoms with Gasteiger partial charge in [-0.05, 0) is 55.9 Å². The third-order valence-corrected chi connectivity index (χ3v) is 8.25. The first kappa shape index (κ1) is 27.3. The van der Waals surface area contributed by atoms with Gasteiger partial charge in [-0.25, -0.2) is 9.78 Å². The van der Waals surface area contributed by atoms with Crippen LogP contribution in [-0.2, 0) is 30.5 Å². The summed E-state index contributed by atoms with van der Waals surface area (Å²) in [5, 5.41) is 0. The molecule has 2 bridgehead atoms. The second kappa shape index (κ2) is 11.6. The monoisotopic (exact) mass is 474 g/mol. The van der Waals surface area contributed by atoms with Crippen LogP contribution in [0.25, 0.3) is 0 Å². The zero-order chi connectivity index (χ0) is 24.9. The van der Waals surface area contributed by atoms with Gasteiger partial charge in [0.05, 0.1) is 6.10 Å². The zero-order valence-corrected chi connectivity index (χ0v) is 22.3. The molecule has 1 aromatic carbocycles. The number of carbonyl (C=O) groups is 1. The molecule has 0 amide bonds. The van der Waals surface area contributed by atoms with Crippen LogP contribution in [0.2, 0.25) is 0 Å². The number of hydrogen-bond acceptors (Lipinski definition) is 5. The lowest BCUT2D eigenvalue weighted by Gasteiger charge is -2.60. The SMILES string of the molecule is CC.CC.C[C@H]1[C@@H](CCC(=O)Cc2ccccc2)O[C@@H]2O[C@]3(C)CC[C@H]4[C@H](C)CC[C@@H]1[C@@]24OO3. The maximum absolute atomic E-state index is 12.6. The second-order valence-corrected chi connectivity index (χ2v) is 10.2. The minimum absolute atomic E-state index is 0.00551. The van der Waals surface area contributed by atoms with Crippen molar-refractivity contribution in [2.24, 2.45) is 23.7 Å². The Morgan fingerprint density at radius 1 is 0.971 bits per heavy atom. The van der Waals surface area contributed by atoms with Gasteiger partial charge >= 0.3 is 0 Å². The summed E-state index contributed by atoms with van der Waals surface area (Å²) in [6, 6.07) is 9.97. The predicted octanol–water partition coefficient (Wildman–Crippen LogP) is 6.88. The Labute approximate surface area is 206 Å². The fraction of sp³-hybridized carbons (Fsp3) is 0.759. The van der Waals surface area contributed by atoms with Gasteiger partial charge in [0.1, 0.15) is 5.78 Å². The molecular formula is C29H46O5. The lowest BCUT2D eigenvalue weighted by Crippen LogP contribution is -2.70. The number of Topliss-reactive ketones (excluding diaryl/α,β-unsaturated/α-hetero) is 1. The molecule has 1 spiro atoms. The second-order valence-electron chi connectivity index (χ2n) is 10.2. The molecule has 1 saturated carbocycles. The van der Waals surface area contributed by atoms with E-state index >= 15 is 0 Å². The summed E-state index contributed by atoms with van der Waals surface area (Å²) in [6.07, 6.45) is 5.51. The molecule has 4 heterocycles. The first-order valence-corrected chi connectivity index (χ1v) is 13.7. The minimum atomic E-state index is -0.744. The molecule has 1 aromatic rings. The average molecular weight is 475 g/mol. The van der Waals surface area contributed by atoms with Gasteiger partial charge in [0, 0.05) is 25.2 Å². The standard InChI is InChI=1S/C25H34O5.2C2H6/c1-16-9-11-21-17(2)22(12-10-19(26)15-18-7-5-4-6-8-18)27-23-25(21)20(16)13-14-24(3,28-23)29-30-25;2*1-2/h4-8,16-17,20-23H,9-15H2,1-3H3;2*1-2H3/t16-,17-,20+,21+,22-,23-,24+,25-;;/m1../s1. The van der Waals surface area contributed by atoms with Crippen LogP contribution >= 0.6 is 0 Å². The van der Waals surface area contributed by atoms with E-state index in [1.165, 1.54) is 6.42 Å². The molecular weight excluding hydrogens is 428 g/mol. The van der Waals surface area contributed by atoms with Crippen molar-refractivity contribution in [1.82, 2.24) is 0 Å². The fourth-order valence-electron chi connectivity index (χ4n) is 6.52. The third-order valence-electron chi connectivity index (χ3n) is 8.25. The topological polar surface area (TPSA) is 54.0 Å². The van der Waals surface area contributed by atoms with Crippen molar-refractivity contribution >= 4 is 5.78 Å². The van der Waals surface area contributed by atoms with Crippen molar-refractivity contribution in [1.29, 1.82) is 0 Å². The number of carbonyl (C=O) groups excluding carboxylic acids is 1. The summed E-state index contributed by atoms with van der Waals surface area (Å²) in [6.45, 7) is 14.5. The van der Waals surface area contributed by atoms with E-state index in [2.05, 4.69) is 13.8 Å². The predicted molar refractivity (Wildman–Crippen MR) is 134 cm³/mol. The lowest BCUT2D eigenvalue weighted by molar-refractivity contribution is -0.571. The molecule has 6 rings (SSSR count). The molecule has 34 heavy (non-hydrogen) atoms. The van der Waals surface area contributed by atoms with E-state index in [0.717, 1.165) is 31.2 Å². The van der Waals surface area contributed by atoms with E-state index < -0.39 is 17.7 Å². The lowest BCUT2D eigenvalue weighted by atomic mass is 9.57. The summed E-state index contributed by atoms with van der Waals surface area (Å²) in [5.74, 6) is 1.10. The maximum atomic E-state index is 12.6. The van der Waals surface area contributed by atoms with Crippen LogP contribution in [-0.4, -0.2) is 29.6 Å². The smallest absolute Gasteiger partial charge is 0.201 e. The van der Waals surface area contributed by atoms with Gasteiger partial charge < -0.3 is 9.47 Å². The Morgan fingerprint density at radius 3 is 2.38 bits per heavy atom. The third kappa shape index (κ3) is 5.13. The van der Waals surface area contributed by atoms with E-state index in [4.69, 9.17) is 19.2 Å². The van der Waals surface area contributed by atoms with Crippen molar-refractivity contribution in [2.45, 2.75) is 117 Å². The molecule has 8 atom stereocenters. The molecule has 4 aliphatic heterocycles. The molecule has 5 fully saturated rings. The molecule has 0 radical (unpaired) electrons. The summed E-state index contributed by atoms with van der Waals surface area (Å²) in [7, 11) is 0. The summed E-state index contributed by atoms with van der Waals surface area (Å²) in [5.41, 5.74) is 0.559. The van der Waals surface area contributed by atoms with Crippen LogP contribution in [0.4, 0.5) is 0 Å². The number of rotatable bonds is 5. The molecule has 4 saturated heterocycles. The molecule has 0 aromatic heterocycles. The Morgan fingerprint density at radius 2 is 1.68 bits per heavy atom. The maximum Gasteiger partial charge on any atom is 0.201 e. The minimum Gasteiger partial charge on any atom is -0.346 e. The Balaban J connectivity index is 0.000000771. The van der Waals surface area contributed by atoms with E-state index in [1.807, 2.05) is 65.0 Å². The average Bonchev–Trinajstić information content (AvgIpc) is 3.09. The van der Waals surface area contributed by atoms with Crippen LogP contribution in [0.5, 0.6) is 0 Å². The van der Waals surface area contributed by atoms with Crippen molar-refractivity contribution < 1.29 is 24.0 Å². The van der Waals surface area contributed by atoms with Gasteiger partial charge in [0.2, 0.25) is 5.79 Å². The molecule has 192 valence electrons. The molecule has 5 heteroatoms. The highest BCUT2D eigenvalue weighted by Crippen LogP contribution is 2.60. The van der Waals surface area contributed by atoms with Crippen molar-refractivity contribution in [2.75, 3.05) is 0 Å². The van der Waals surface area contributed by atoms with Crippen LogP contribution < -0.4 is 0 Å². The van der Waals surface area contributed by atoms with Gasteiger partial charge in [-0.2, -0.15) is 0 Å². The normalized spacial score (nSPS) is 40.0. The first-order chi connectivity index (χ1) is 16.4.